The van der Waals surface area contributed by atoms with Crippen LogP contribution in [0.3, 0.4) is 0 Å². The highest BCUT2D eigenvalue weighted by molar-refractivity contribution is 5.89. The second-order valence-corrected chi connectivity index (χ2v) is 5.46. The summed E-state index contributed by atoms with van der Waals surface area (Å²) in [5.41, 5.74) is 0.839. The summed E-state index contributed by atoms with van der Waals surface area (Å²) >= 11 is 0. The summed E-state index contributed by atoms with van der Waals surface area (Å²) in [6.07, 6.45) is 5.52. The van der Waals surface area contributed by atoms with E-state index in [2.05, 4.69) is 12.1 Å². The molecule has 1 amide bonds. The summed E-state index contributed by atoms with van der Waals surface area (Å²) in [5.74, 6) is 0.427. The first-order valence-electron chi connectivity index (χ1n) is 7.34. The summed E-state index contributed by atoms with van der Waals surface area (Å²) in [6.45, 7) is 4.29. The standard InChI is InChI=1S/C14H24N2O3/c1-2-11-10-16(8-7-13(11)15-18)14(17)6-5-12-4-3-9-19-12/h11-12,18H,2-10H2,1H3. The normalized spacial score (nSPS) is 29.9. The van der Waals surface area contributed by atoms with Crippen molar-refractivity contribution in [1.82, 2.24) is 4.90 Å². The number of hydrogen-bond donors (Lipinski definition) is 1. The third kappa shape index (κ3) is 3.69. The lowest BCUT2D eigenvalue weighted by atomic mass is 9.93. The lowest BCUT2D eigenvalue weighted by Gasteiger charge is -2.33. The zero-order valence-electron chi connectivity index (χ0n) is 11.7. The van der Waals surface area contributed by atoms with Crippen LogP contribution < -0.4 is 0 Å². The number of carbonyl (C=O) groups is 1. The third-order valence-corrected chi connectivity index (χ3v) is 4.23. The zero-order chi connectivity index (χ0) is 13.7. The molecule has 108 valence electrons. The van der Waals surface area contributed by atoms with Crippen LogP contribution in [0.1, 0.15) is 45.4 Å². The van der Waals surface area contributed by atoms with Crippen molar-refractivity contribution in [3.63, 3.8) is 0 Å². The van der Waals surface area contributed by atoms with Crippen molar-refractivity contribution < 1.29 is 14.7 Å². The first-order chi connectivity index (χ1) is 9.24. The van der Waals surface area contributed by atoms with Crippen LogP contribution in [-0.2, 0) is 9.53 Å². The molecular formula is C14H24N2O3. The van der Waals surface area contributed by atoms with Crippen molar-refractivity contribution in [2.24, 2.45) is 11.1 Å². The van der Waals surface area contributed by atoms with Gasteiger partial charge in [0.1, 0.15) is 0 Å². The molecule has 5 nitrogen and oxygen atoms in total. The van der Waals surface area contributed by atoms with E-state index in [9.17, 15) is 4.79 Å². The van der Waals surface area contributed by atoms with Gasteiger partial charge in [-0.15, -0.1) is 0 Å². The molecule has 0 radical (unpaired) electrons. The summed E-state index contributed by atoms with van der Waals surface area (Å²) in [6, 6.07) is 0. The van der Waals surface area contributed by atoms with Crippen molar-refractivity contribution >= 4 is 11.6 Å². The van der Waals surface area contributed by atoms with Crippen molar-refractivity contribution in [3.05, 3.63) is 0 Å². The lowest BCUT2D eigenvalue weighted by Crippen LogP contribution is -2.44. The van der Waals surface area contributed by atoms with Crippen LogP contribution in [0.25, 0.3) is 0 Å². The molecule has 0 bridgehead atoms. The smallest absolute Gasteiger partial charge is 0.222 e. The average Bonchev–Trinajstić information content (AvgIpc) is 2.97. The van der Waals surface area contributed by atoms with Gasteiger partial charge in [-0.25, -0.2) is 0 Å². The lowest BCUT2D eigenvalue weighted by molar-refractivity contribution is -0.132. The topological polar surface area (TPSA) is 62.1 Å². The van der Waals surface area contributed by atoms with Crippen molar-refractivity contribution in [2.75, 3.05) is 19.7 Å². The average molecular weight is 268 g/mol. The molecule has 2 fully saturated rings. The maximum Gasteiger partial charge on any atom is 0.222 e. The van der Waals surface area contributed by atoms with Gasteiger partial charge in [-0.2, -0.15) is 0 Å². The van der Waals surface area contributed by atoms with Crippen molar-refractivity contribution in [2.45, 2.75) is 51.6 Å². The van der Waals surface area contributed by atoms with Gasteiger partial charge in [-0.1, -0.05) is 12.1 Å². The first kappa shape index (κ1) is 14.3. The number of hydrogen-bond acceptors (Lipinski definition) is 4. The van der Waals surface area contributed by atoms with Crippen LogP contribution >= 0.6 is 0 Å². The van der Waals surface area contributed by atoms with Gasteiger partial charge in [0.05, 0.1) is 11.8 Å². The molecule has 2 unspecified atom stereocenters. The second-order valence-electron chi connectivity index (χ2n) is 5.46. The van der Waals surface area contributed by atoms with Gasteiger partial charge >= 0.3 is 0 Å². The van der Waals surface area contributed by atoms with Gasteiger partial charge in [0.15, 0.2) is 0 Å². The molecule has 0 aromatic heterocycles. The number of likely N-dealkylation sites (tertiary alicyclic amines) is 1. The summed E-state index contributed by atoms with van der Waals surface area (Å²) < 4.78 is 5.54. The third-order valence-electron chi connectivity index (χ3n) is 4.23. The van der Waals surface area contributed by atoms with Gasteiger partial charge in [0.2, 0.25) is 5.91 Å². The second kappa shape index (κ2) is 6.89. The Labute approximate surface area is 114 Å². The number of ether oxygens (including phenoxy) is 1. The van der Waals surface area contributed by atoms with E-state index in [1.807, 2.05) is 4.90 Å². The van der Waals surface area contributed by atoms with Crippen LogP contribution in [0.5, 0.6) is 0 Å². The summed E-state index contributed by atoms with van der Waals surface area (Å²) in [5, 5.41) is 12.3. The van der Waals surface area contributed by atoms with Crippen LogP contribution in [0, 0.1) is 5.92 Å². The Bertz CT molecular complexity index is 338. The van der Waals surface area contributed by atoms with Gasteiger partial charge in [-0.3, -0.25) is 4.79 Å². The molecule has 2 aliphatic rings. The maximum atomic E-state index is 12.2. The predicted octanol–water partition coefficient (Wildman–Crippen LogP) is 2.03. The predicted molar refractivity (Wildman–Crippen MR) is 72.4 cm³/mol. The van der Waals surface area contributed by atoms with E-state index in [1.165, 1.54) is 0 Å². The first-order valence-corrected chi connectivity index (χ1v) is 7.34. The molecule has 5 heteroatoms. The van der Waals surface area contributed by atoms with E-state index in [4.69, 9.17) is 9.94 Å². The molecule has 0 saturated carbocycles. The Kier molecular flexibility index (Phi) is 5.19. The summed E-state index contributed by atoms with van der Waals surface area (Å²) in [7, 11) is 0. The Morgan fingerprint density at radius 2 is 2.42 bits per heavy atom. The molecule has 2 saturated heterocycles. The van der Waals surface area contributed by atoms with E-state index in [0.29, 0.717) is 25.9 Å². The minimum absolute atomic E-state index is 0.213. The van der Waals surface area contributed by atoms with Crippen LogP contribution in [0.15, 0.2) is 5.16 Å². The molecule has 2 rings (SSSR count). The van der Waals surface area contributed by atoms with E-state index < -0.39 is 0 Å². The van der Waals surface area contributed by atoms with Gasteiger partial charge in [0, 0.05) is 38.5 Å². The van der Waals surface area contributed by atoms with Gasteiger partial charge in [-0.05, 0) is 25.7 Å². The maximum absolute atomic E-state index is 12.2. The minimum Gasteiger partial charge on any atom is -0.411 e. The van der Waals surface area contributed by atoms with E-state index in [0.717, 1.165) is 38.0 Å². The Morgan fingerprint density at radius 1 is 1.58 bits per heavy atom. The fraction of sp³-hybridized carbons (Fsp3) is 0.857. The molecule has 1 N–H and O–H groups in total. The number of piperidine rings is 1. The highest BCUT2D eigenvalue weighted by atomic mass is 16.5. The highest BCUT2D eigenvalue weighted by Crippen LogP contribution is 2.21. The molecule has 2 aliphatic heterocycles. The van der Waals surface area contributed by atoms with Crippen molar-refractivity contribution in [3.8, 4) is 0 Å². The molecule has 0 aromatic rings. The highest BCUT2D eigenvalue weighted by Gasteiger charge is 2.28. The number of carbonyl (C=O) groups excluding carboxylic acids is 1. The molecule has 0 spiro atoms. The number of amides is 1. The largest absolute Gasteiger partial charge is 0.411 e. The Balaban J connectivity index is 1.79. The summed E-state index contributed by atoms with van der Waals surface area (Å²) in [4.78, 5) is 14.1. The molecule has 0 aromatic carbocycles. The van der Waals surface area contributed by atoms with Crippen LogP contribution in [0.2, 0.25) is 0 Å². The van der Waals surface area contributed by atoms with E-state index >= 15 is 0 Å². The number of oxime groups is 1. The van der Waals surface area contributed by atoms with Crippen LogP contribution in [0.4, 0.5) is 0 Å². The monoisotopic (exact) mass is 268 g/mol. The fourth-order valence-electron chi connectivity index (χ4n) is 2.95. The molecule has 2 atom stereocenters. The molecule has 19 heavy (non-hydrogen) atoms. The minimum atomic E-state index is 0.213. The number of rotatable bonds is 4. The zero-order valence-corrected chi connectivity index (χ0v) is 11.7. The Morgan fingerprint density at radius 3 is 3.05 bits per heavy atom. The molecule has 0 aliphatic carbocycles. The molecule has 2 heterocycles. The quantitative estimate of drug-likeness (QED) is 0.627. The van der Waals surface area contributed by atoms with E-state index in [1.54, 1.807) is 0 Å². The number of nitrogens with zero attached hydrogens (tertiary/aromatic N) is 2. The Hall–Kier alpha value is -1.10. The van der Waals surface area contributed by atoms with Crippen LogP contribution in [-0.4, -0.2) is 47.5 Å². The van der Waals surface area contributed by atoms with E-state index in [-0.39, 0.29) is 17.9 Å². The fourth-order valence-corrected chi connectivity index (χ4v) is 2.95. The van der Waals surface area contributed by atoms with Gasteiger partial charge < -0.3 is 14.8 Å². The molecular weight excluding hydrogens is 244 g/mol. The van der Waals surface area contributed by atoms with Crippen molar-refractivity contribution in [1.29, 1.82) is 0 Å². The van der Waals surface area contributed by atoms with Gasteiger partial charge in [0.25, 0.3) is 0 Å². The SMILES string of the molecule is CCC1CN(C(=O)CCC2CCCO2)CCC1=NO.